The third-order valence-electron chi connectivity index (χ3n) is 3.96. The van der Waals surface area contributed by atoms with E-state index < -0.39 is 0 Å². The monoisotopic (exact) mass is 367 g/mol. The third kappa shape index (κ3) is 4.78. The molecule has 0 aliphatic heterocycles. The van der Waals surface area contributed by atoms with Gasteiger partial charge in [-0.25, -0.2) is 4.79 Å². The van der Waals surface area contributed by atoms with E-state index in [0.29, 0.717) is 36.0 Å². The van der Waals surface area contributed by atoms with Crippen molar-refractivity contribution in [2.75, 3.05) is 26.1 Å². The first-order valence-corrected chi connectivity index (χ1v) is 8.47. The van der Waals surface area contributed by atoms with Crippen molar-refractivity contribution in [2.45, 2.75) is 6.42 Å². The van der Waals surface area contributed by atoms with Crippen molar-refractivity contribution in [1.29, 1.82) is 0 Å². The molecule has 0 spiro atoms. The quantitative estimate of drug-likeness (QED) is 0.665. The number of ether oxygens (including phenoxy) is 2. The van der Waals surface area contributed by atoms with Crippen LogP contribution < -0.4 is 20.1 Å². The first-order valence-electron chi connectivity index (χ1n) is 8.47. The van der Waals surface area contributed by atoms with Gasteiger partial charge in [-0.05, 0) is 24.1 Å². The molecular formula is C20H21N3O4. The van der Waals surface area contributed by atoms with E-state index in [-0.39, 0.29) is 6.03 Å². The molecule has 7 nitrogen and oxygen atoms in total. The highest BCUT2D eigenvalue weighted by Crippen LogP contribution is 2.27. The molecule has 0 unspecified atom stereocenters. The number of hydrogen-bond donors (Lipinski definition) is 2. The summed E-state index contributed by atoms with van der Waals surface area (Å²) in [6.07, 6.45) is 0.655. The van der Waals surface area contributed by atoms with E-state index in [1.807, 2.05) is 48.5 Å². The maximum atomic E-state index is 12.0. The molecule has 1 heterocycles. The van der Waals surface area contributed by atoms with Crippen molar-refractivity contribution in [1.82, 2.24) is 10.5 Å². The number of urea groups is 1. The molecule has 2 amide bonds. The van der Waals surface area contributed by atoms with Crippen LogP contribution >= 0.6 is 0 Å². The molecule has 0 aliphatic carbocycles. The minimum Gasteiger partial charge on any atom is -0.493 e. The molecule has 3 rings (SSSR count). The third-order valence-corrected chi connectivity index (χ3v) is 3.96. The van der Waals surface area contributed by atoms with Gasteiger partial charge in [-0.1, -0.05) is 41.6 Å². The summed E-state index contributed by atoms with van der Waals surface area (Å²) in [5.41, 5.74) is 1.92. The maximum Gasteiger partial charge on any atom is 0.320 e. The zero-order valence-corrected chi connectivity index (χ0v) is 15.2. The van der Waals surface area contributed by atoms with Gasteiger partial charge in [0.15, 0.2) is 23.1 Å². The van der Waals surface area contributed by atoms with Crippen LogP contribution in [0.3, 0.4) is 0 Å². The number of rotatable bonds is 7. The second-order valence-corrected chi connectivity index (χ2v) is 5.76. The fraction of sp³-hybridized carbons (Fsp3) is 0.200. The van der Waals surface area contributed by atoms with Crippen LogP contribution in [0.25, 0.3) is 11.3 Å². The molecular weight excluding hydrogens is 346 g/mol. The lowest BCUT2D eigenvalue weighted by atomic mass is 10.1. The van der Waals surface area contributed by atoms with E-state index in [1.54, 1.807) is 20.3 Å². The lowest BCUT2D eigenvalue weighted by molar-refractivity contribution is 0.252. The number of methoxy groups -OCH3 is 2. The van der Waals surface area contributed by atoms with Gasteiger partial charge in [-0.2, -0.15) is 0 Å². The Hall–Kier alpha value is -3.48. The Morgan fingerprint density at radius 2 is 1.81 bits per heavy atom. The van der Waals surface area contributed by atoms with Gasteiger partial charge in [0.2, 0.25) is 0 Å². The SMILES string of the molecule is COc1ccc(CCNC(=O)Nc2cc(-c3ccccc3)on2)cc1OC. The zero-order chi connectivity index (χ0) is 19.1. The molecule has 7 heteroatoms. The predicted molar refractivity (Wildman–Crippen MR) is 102 cm³/mol. The molecule has 0 aliphatic rings. The van der Waals surface area contributed by atoms with Crippen LogP contribution in [0.1, 0.15) is 5.56 Å². The minimum absolute atomic E-state index is 0.344. The first kappa shape index (κ1) is 18.3. The Kier molecular flexibility index (Phi) is 5.94. The summed E-state index contributed by atoms with van der Waals surface area (Å²) in [7, 11) is 3.19. The van der Waals surface area contributed by atoms with Crippen molar-refractivity contribution in [3.8, 4) is 22.8 Å². The van der Waals surface area contributed by atoms with E-state index in [2.05, 4.69) is 15.8 Å². The van der Waals surface area contributed by atoms with Gasteiger partial charge in [-0.3, -0.25) is 5.32 Å². The van der Waals surface area contributed by atoms with Crippen molar-refractivity contribution in [3.05, 3.63) is 60.2 Å². The molecule has 0 bridgehead atoms. The molecule has 0 fully saturated rings. The highest BCUT2D eigenvalue weighted by Gasteiger charge is 2.09. The van der Waals surface area contributed by atoms with Crippen LogP contribution in [0.5, 0.6) is 11.5 Å². The largest absolute Gasteiger partial charge is 0.493 e. The molecule has 27 heavy (non-hydrogen) atoms. The summed E-state index contributed by atoms with van der Waals surface area (Å²) in [6.45, 7) is 0.463. The lowest BCUT2D eigenvalue weighted by Gasteiger charge is -2.10. The minimum atomic E-state index is -0.344. The van der Waals surface area contributed by atoms with Gasteiger partial charge in [0.25, 0.3) is 0 Å². The Bertz CT molecular complexity index is 893. The van der Waals surface area contributed by atoms with E-state index >= 15 is 0 Å². The molecule has 0 atom stereocenters. The molecule has 0 saturated heterocycles. The van der Waals surface area contributed by atoms with Crippen LogP contribution in [0.2, 0.25) is 0 Å². The lowest BCUT2D eigenvalue weighted by Crippen LogP contribution is -2.30. The first-order chi connectivity index (χ1) is 13.2. The van der Waals surface area contributed by atoms with Crippen LogP contribution in [-0.2, 0) is 6.42 Å². The number of aromatic nitrogens is 1. The van der Waals surface area contributed by atoms with Gasteiger partial charge in [0.1, 0.15) is 0 Å². The highest BCUT2D eigenvalue weighted by atomic mass is 16.5. The van der Waals surface area contributed by atoms with Gasteiger partial charge >= 0.3 is 6.03 Å². The second-order valence-electron chi connectivity index (χ2n) is 5.76. The van der Waals surface area contributed by atoms with Crippen molar-refractivity contribution >= 4 is 11.8 Å². The zero-order valence-electron chi connectivity index (χ0n) is 15.2. The number of nitrogens with one attached hydrogen (secondary N) is 2. The Morgan fingerprint density at radius 3 is 2.56 bits per heavy atom. The predicted octanol–water partition coefficient (Wildman–Crippen LogP) is 3.72. The Labute approximate surface area is 157 Å². The number of anilines is 1. The van der Waals surface area contributed by atoms with E-state index in [0.717, 1.165) is 11.1 Å². The maximum absolute atomic E-state index is 12.0. The van der Waals surface area contributed by atoms with Crippen molar-refractivity contribution < 1.29 is 18.8 Å². The molecule has 2 aromatic carbocycles. The second kappa shape index (κ2) is 8.75. The summed E-state index contributed by atoms with van der Waals surface area (Å²) in [5, 5.41) is 9.31. The van der Waals surface area contributed by atoms with Crippen molar-refractivity contribution in [3.63, 3.8) is 0 Å². The van der Waals surface area contributed by atoms with Gasteiger partial charge in [-0.15, -0.1) is 0 Å². The number of carbonyl (C=O) groups excluding carboxylic acids is 1. The van der Waals surface area contributed by atoms with Crippen molar-refractivity contribution in [2.24, 2.45) is 0 Å². The van der Waals surface area contributed by atoms with Gasteiger partial charge in [0, 0.05) is 18.2 Å². The van der Waals surface area contributed by atoms with E-state index in [9.17, 15) is 4.79 Å². The molecule has 2 N–H and O–H groups in total. The van der Waals surface area contributed by atoms with E-state index in [4.69, 9.17) is 14.0 Å². The Balaban J connectivity index is 1.50. The molecule has 0 radical (unpaired) electrons. The van der Waals surface area contributed by atoms with Gasteiger partial charge < -0.3 is 19.3 Å². The summed E-state index contributed by atoms with van der Waals surface area (Å²) < 4.78 is 15.7. The number of carbonyl (C=O) groups is 1. The summed E-state index contributed by atoms with van der Waals surface area (Å²) in [4.78, 5) is 12.0. The standard InChI is InChI=1S/C20H21N3O4/c1-25-16-9-8-14(12-18(16)26-2)10-11-21-20(24)22-19-13-17(27-23-19)15-6-4-3-5-7-15/h3-9,12-13H,10-11H2,1-2H3,(H2,21,22,23,24). The van der Waals surface area contributed by atoms with Crippen LogP contribution in [0.15, 0.2) is 59.1 Å². The highest BCUT2D eigenvalue weighted by molar-refractivity contribution is 5.88. The molecule has 1 aromatic heterocycles. The summed E-state index contributed by atoms with van der Waals surface area (Å²) in [5.74, 6) is 2.29. The number of nitrogens with zero attached hydrogens (tertiary/aromatic N) is 1. The molecule has 0 saturated carbocycles. The Morgan fingerprint density at radius 1 is 1.04 bits per heavy atom. The van der Waals surface area contributed by atoms with E-state index in [1.165, 1.54) is 0 Å². The average Bonchev–Trinajstić information content (AvgIpc) is 3.17. The smallest absolute Gasteiger partial charge is 0.320 e. The fourth-order valence-corrected chi connectivity index (χ4v) is 2.59. The van der Waals surface area contributed by atoms with Crippen LogP contribution in [0.4, 0.5) is 10.6 Å². The van der Waals surface area contributed by atoms with Crippen LogP contribution in [-0.4, -0.2) is 32.0 Å². The molecule has 140 valence electrons. The molecule has 3 aromatic rings. The number of amides is 2. The van der Waals surface area contributed by atoms with Gasteiger partial charge in [0.05, 0.1) is 14.2 Å². The summed E-state index contributed by atoms with van der Waals surface area (Å²) in [6, 6.07) is 16.6. The topological polar surface area (TPSA) is 85.6 Å². The fourth-order valence-electron chi connectivity index (χ4n) is 2.59. The van der Waals surface area contributed by atoms with Crippen LogP contribution in [0, 0.1) is 0 Å². The number of benzene rings is 2. The summed E-state index contributed by atoms with van der Waals surface area (Å²) >= 11 is 0. The normalized spacial score (nSPS) is 10.3. The number of hydrogen-bond acceptors (Lipinski definition) is 5. The average molecular weight is 367 g/mol.